The normalized spacial score (nSPS) is 20.6. The van der Waals surface area contributed by atoms with Gasteiger partial charge >= 0.3 is 0 Å². The van der Waals surface area contributed by atoms with Crippen LogP contribution in [0.5, 0.6) is 0 Å². The molecule has 146 valence electrons. The average molecular weight is 376 g/mol. The lowest BCUT2D eigenvalue weighted by Gasteiger charge is -2.35. The van der Waals surface area contributed by atoms with E-state index in [0.717, 1.165) is 49.1 Å². The van der Waals surface area contributed by atoms with Crippen molar-refractivity contribution in [1.82, 2.24) is 4.90 Å². The number of guanidine groups is 1. The molecule has 2 heterocycles. The first-order valence-corrected chi connectivity index (χ1v) is 10.3. The highest BCUT2D eigenvalue weighted by atomic mass is 16.2. The summed E-state index contributed by atoms with van der Waals surface area (Å²) >= 11 is 0. The zero-order chi connectivity index (χ0) is 19.7. The lowest BCUT2D eigenvalue weighted by Crippen LogP contribution is -2.47. The van der Waals surface area contributed by atoms with E-state index in [0.29, 0.717) is 6.42 Å². The second kappa shape index (κ2) is 7.78. The van der Waals surface area contributed by atoms with Crippen LogP contribution in [-0.2, 0) is 11.2 Å². The van der Waals surface area contributed by atoms with Crippen LogP contribution in [0.1, 0.15) is 36.5 Å². The zero-order valence-electron chi connectivity index (χ0n) is 17.1. The van der Waals surface area contributed by atoms with Crippen LogP contribution in [0.3, 0.4) is 0 Å². The Kier molecular flexibility index (Phi) is 5.21. The van der Waals surface area contributed by atoms with Crippen molar-refractivity contribution in [2.45, 2.75) is 46.1 Å². The SMILES string of the molecule is Cc1cc(C)cc(N2C(=O)C(Cc3ccccc3)N=C2N2CCC(C)CC2)c1. The molecule has 1 saturated heterocycles. The number of carbonyl (C=O) groups is 1. The molecule has 2 aromatic rings. The first-order chi connectivity index (χ1) is 13.5. The fourth-order valence-corrected chi connectivity index (χ4v) is 4.22. The van der Waals surface area contributed by atoms with Crippen LogP contribution in [0, 0.1) is 19.8 Å². The lowest BCUT2D eigenvalue weighted by molar-refractivity contribution is -0.118. The summed E-state index contributed by atoms with van der Waals surface area (Å²) in [7, 11) is 0. The summed E-state index contributed by atoms with van der Waals surface area (Å²) < 4.78 is 0. The molecule has 1 fully saturated rings. The Hall–Kier alpha value is -2.62. The molecule has 1 amide bonds. The second-order valence-corrected chi connectivity index (χ2v) is 8.32. The van der Waals surface area contributed by atoms with Gasteiger partial charge in [-0.25, -0.2) is 9.89 Å². The Morgan fingerprint density at radius 3 is 2.29 bits per heavy atom. The number of aryl methyl sites for hydroxylation is 2. The van der Waals surface area contributed by atoms with E-state index in [4.69, 9.17) is 4.99 Å². The van der Waals surface area contributed by atoms with Gasteiger partial charge in [-0.15, -0.1) is 0 Å². The number of hydrogen-bond acceptors (Lipinski definition) is 3. The van der Waals surface area contributed by atoms with E-state index in [1.807, 2.05) is 23.1 Å². The third-order valence-corrected chi connectivity index (χ3v) is 5.78. The maximum Gasteiger partial charge on any atom is 0.259 e. The molecule has 2 aliphatic rings. The number of rotatable bonds is 3. The fourth-order valence-electron chi connectivity index (χ4n) is 4.22. The Morgan fingerprint density at radius 1 is 1.00 bits per heavy atom. The van der Waals surface area contributed by atoms with E-state index < -0.39 is 0 Å². The van der Waals surface area contributed by atoms with E-state index in [1.54, 1.807) is 0 Å². The summed E-state index contributed by atoms with van der Waals surface area (Å²) in [5.74, 6) is 1.66. The number of carbonyl (C=O) groups excluding carboxylic acids is 1. The Bertz CT molecular complexity index is 862. The predicted octanol–water partition coefficient (Wildman–Crippen LogP) is 4.35. The monoisotopic (exact) mass is 375 g/mol. The van der Waals surface area contributed by atoms with Crippen molar-refractivity contribution in [3.05, 3.63) is 65.2 Å². The molecule has 0 aliphatic carbocycles. The van der Waals surface area contributed by atoms with Crippen molar-refractivity contribution in [3.63, 3.8) is 0 Å². The molecule has 0 N–H and O–H groups in total. The van der Waals surface area contributed by atoms with Gasteiger partial charge in [0.15, 0.2) is 0 Å². The van der Waals surface area contributed by atoms with Crippen molar-refractivity contribution in [1.29, 1.82) is 0 Å². The summed E-state index contributed by atoms with van der Waals surface area (Å²) in [5.41, 5.74) is 4.43. The minimum atomic E-state index is -0.349. The van der Waals surface area contributed by atoms with Crippen molar-refractivity contribution in [3.8, 4) is 0 Å². The molecule has 0 spiro atoms. The summed E-state index contributed by atoms with van der Waals surface area (Å²) in [6.07, 6.45) is 2.95. The molecule has 0 saturated carbocycles. The molecule has 4 rings (SSSR count). The average Bonchev–Trinajstić information content (AvgIpc) is 2.99. The number of nitrogens with zero attached hydrogens (tertiary/aromatic N) is 3. The van der Waals surface area contributed by atoms with Crippen LogP contribution in [0.2, 0.25) is 0 Å². The lowest BCUT2D eigenvalue weighted by atomic mass is 9.99. The van der Waals surface area contributed by atoms with Crippen LogP contribution in [0.15, 0.2) is 53.5 Å². The molecule has 28 heavy (non-hydrogen) atoms. The molecule has 0 aromatic heterocycles. The largest absolute Gasteiger partial charge is 0.342 e. The van der Waals surface area contributed by atoms with E-state index in [9.17, 15) is 4.79 Å². The van der Waals surface area contributed by atoms with E-state index >= 15 is 0 Å². The number of benzene rings is 2. The molecule has 1 unspecified atom stereocenters. The topological polar surface area (TPSA) is 35.9 Å². The molecule has 1 atom stereocenters. The highest BCUT2D eigenvalue weighted by Gasteiger charge is 2.39. The van der Waals surface area contributed by atoms with Gasteiger partial charge in [-0.1, -0.05) is 43.3 Å². The number of anilines is 1. The van der Waals surface area contributed by atoms with E-state index in [2.05, 4.69) is 56.0 Å². The van der Waals surface area contributed by atoms with Gasteiger partial charge in [-0.2, -0.15) is 0 Å². The van der Waals surface area contributed by atoms with E-state index in [1.165, 1.54) is 11.1 Å². The molecule has 4 nitrogen and oxygen atoms in total. The predicted molar refractivity (Wildman–Crippen MR) is 115 cm³/mol. The van der Waals surface area contributed by atoms with Gasteiger partial charge in [-0.3, -0.25) is 4.79 Å². The van der Waals surface area contributed by atoms with Gasteiger partial charge in [0.2, 0.25) is 5.96 Å². The van der Waals surface area contributed by atoms with Crippen LogP contribution in [0.25, 0.3) is 0 Å². The van der Waals surface area contributed by atoms with Gasteiger partial charge in [0.05, 0.1) is 5.69 Å². The molecular formula is C24H29N3O. The van der Waals surface area contributed by atoms with Gasteiger partial charge in [0.25, 0.3) is 5.91 Å². The van der Waals surface area contributed by atoms with Crippen LogP contribution in [-0.4, -0.2) is 35.9 Å². The van der Waals surface area contributed by atoms with Crippen molar-refractivity contribution in [2.24, 2.45) is 10.9 Å². The van der Waals surface area contributed by atoms with Gasteiger partial charge in [0, 0.05) is 19.5 Å². The van der Waals surface area contributed by atoms with Crippen molar-refractivity contribution < 1.29 is 4.79 Å². The molecule has 4 heteroatoms. The Labute approximate surface area is 167 Å². The molecular weight excluding hydrogens is 346 g/mol. The number of amides is 1. The maximum atomic E-state index is 13.4. The minimum absolute atomic E-state index is 0.0856. The third kappa shape index (κ3) is 3.82. The Morgan fingerprint density at radius 2 is 1.64 bits per heavy atom. The molecule has 0 bridgehead atoms. The smallest absolute Gasteiger partial charge is 0.259 e. The van der Waals surface area contributed by atoms with Crippen molar-refractivity contribution in [2.75, 3.05) is 18.0 Å². The number of likely N-dealkylation sites (tertiary alicyclic amines) is 1. The molecule has 0 radical (unpaired) electrons. The molecule has 2 aliphatic heterocycles. The molecule has 2 aromatic carbocycles. The first kappa shape index (κ1) is 18.7. The second-order valence-electron chi connectivity index (χ2n) is 8.32. The van der Waals surface area contributed by atoms with Crippen LogP contribution < -0.4 is 4.90 Å². The first-order valence-electron chi connectivity index (χ1n) is 10.3. The third-order valence-electron chi connectivity index (χ3n) is 5.78. The van der Waals surface area contributed by atoms with E-state index in [-0.39, 0.29) is 11.9 Å². The standard InChI is InChI=1S/C24H29N3O/c1-17-9-11-26(12-10-17)24-25-22(16-20-7-5-4-6-8-20)23(28)27(24)21-14-18(2)13-19(3)15-21/h4-8,13-15,17,22H,9-12,16H2,1-3H3. The Balaban J connectivity index is 1.68. The zero-order valence-corrected chi connectivity index (χ0v) is 17.1. The highest BCUT2D eigenvalue weighted by Crippen LogP contribution is 2.29. The number of aliphatic imine (C=N–C) groups is 1. The van der Waals surface area contributed by atoms with Gasteiger partial charge in [-0.05, 0) is 61.4 Å². The van der Waals surface area contributed by atoms with Gasteiger partial charge in [0.1, 0.15) is 6.04 Å². The quantitative estimate of drug-likeness (QED) is 0.800. The van der Waals surface area contributed by atoms with Crippen molar-refractivity contribution >= 4 is 17.6 Å². The summed E-state index contributed by atoms with van der Waals surface area (Å²) in [6.45, 7) is 8.40. The van der Waals surface area contributed by atoms with Gasteiger partial charge < -0.3 is 4.90 Å². The summed E-state index contributed by atoms with van der Waals surface area (Å²) in [5, 5.41) is 0. The highest BCUT2D eigenvalue weighted by molar-refractivity contribution is 6.22. The number of piperidine rings is 1. The fraction of sp³-hybridized carbons (Fsp3) is 0.417. The van der Waals surface area contributed by atoms with Crippen LogP contribution >= 0.6 is 0 Å². The summed E-state index contributed by atoms with van der Waals surface area (Å²) in [4.78, 5) is 22.6. The van der Waals surface area contributed by atoms with Crippen LogP contribution in [0.4, 0.5) is 5.69 Å². The minimum Gasteiger partial charge on any atom is -0.342 e. The maximum absolute atomic E-state index is 13.4. The number of hydrogen-bond donors (Lipinski definition) is 0. The summed E-state index contributed by atoms with van der Waals surface area (Å²) in [6, 6.07) is 16.2.